The number of para-hydroxylation sites is 2. The van der Waals surface area contributed by atoms with Crippen LogP contribution in [0.1, 0.15) is 18.4 Å². The van der Waals surface area contributed by atoms with Gasteiger partial charge in [-0.1, -0.05) is 36.4 Å². The Morgan fingerprint density at radius 1 is 0.972 bits per heavy atom. The zero-order valence-corrected chi connectivity index (χ0v) is 19.7. The van der Waals surface area contributed by atoms with Crippen LogP contribution in [0.15, 0.2) is 65.3 Å². The Kier molecular flexibility index (Phi) is 7.54. The molecule has 0 aliphatic carbocycles. The summed E-state index contributed by atoms with van der Waals surface area (Å²) in [5.74, 6) is -3.58. The smallest absolute Gasteiger partial charge is 0.414 e. The zero-order valence-electron chi connectivity index (χ0n) is 19.7. The molecule has 1 spiro atoms. The third-order valence-corrected chi connectivity index (χ3v) is 6.76. The maximum absolute atomic E-state index is 13.3. The topological polar surface area (TPSA) is 115 Å². The molecular formula is C26H28FN3O6. The maximum atomic E-state index is 13.3. The minimum atomic E-state index is -1.82. The number of carboxylic acids is 2. The number of hydrogen-bond donors (Lipinski definition) is 2. The minimum absolute atomic E-state index is 0.0670. The van der Waals surface area contributed by atoms with Crippen LogP contribution < -0.4 is 4.90 Å². The Hall–Kier alpha value is -3.92. The summed E-state index contributed by atoms with van der Waals surface area (Å²) in [6.07, 6.45) is 3.31. The molecule has 0 radical (unpaired) electrons. The van der Waals surface area contributed by atoms with E-state index in [4.69, 9.17) is 24.2 Å². The number of carbonyl (C=O) groups is 3. The van der Waals surface area contributed by atoms with E-state index >= 15 is 0 Å². The van der Waals surface area contributed by atoms with Crippen LogP contribution >= 0.6 is 0 Å². The van der Waals surface area contributed by atoms with E-state index in [0.717, 1.165) is 49.1 Å². The van der Waals surface area contributed by atoms with E-state index in [1.165, 1.54) is 5.56 Å². The number of hydrogen-bond acceptors (Lipinski definition) is 6. The van der Waals surface area contributed by atoms with Crippen molar-refractivity contribution in [3.05, 3.63) is 66.4 Å². The highest BCUT2D eigenvalue weighted by Gasteiger charge is 2.53. The van der Waals surface area contributed by atoms with Crippen molar-refractivity contribution < 1.29 is 33.4 Å². The number of furan rings is 1. The van der Waals surface area contributed by atoms with E-state index in [2.05, 4.69) is 15.9 Å². The van der Waals surface area contributed by atoms with Crippen molar-refractivity contribution in [2.45, 2.75) is 24.9 Å². The first kappa shape index (κ1) is 25.2. The molecule has 2 saturated heterocycles. The number of nitrogens with zero attached hydrogens (tertiary/aromatic N) is 3. The summed E-state index contributed by atoms with van der Waals surface area (Å²) >= 11 is 0. The van der Waals surface area contributed by atoms with Gasteiger partial charge in [0.25, 0.3) is 0 Å². The van der Waals surface area contributed by atoms with E-state index in [9.17, 15) is 9.18 Å². The minimum Gasteiger partial charge on any atom is -0.473 e. The van der Waals surface area contributed by atoms with Gasteiger partial charge in [-0.25, -0.2) is 14.0 Å². The summed E-state index contributed by atoms with van der Waals surface area (Å²) in [4.78, 5) is 37.8. The van der Waals surface area contributed by atoms with E-state index in [0.29, 0.717) is 6.67 Å². The number of piperidine rings is 1. The molecular weight excluding hydrogens is 469 g/mol. The van der Waals surface area contributed by atoms with Gasteiger partial charge in [0.05, 0.1) is 19.5 Å². The third-order valence-electron chi connectivity index (χ3n) is 6.76. The molecule has 36 heavy (non-hydrogen) atoms. The van der Waals surface area contributed by atoms with Crippen LogP contribution in [-0.4, -0.2) is 76.4 Å². The second-order valence-electron chi connectivity index (χ2n) is 8.84. The fourth-order valence-corrected chi connectivity index (χ4v) is 4.95. The maximum Gasteiger partial charge on any atom is 0.414 e. The number of alkyl halides is 1. The molecule has 3 aromatic rings. The van der Waals surface area contributed by atoms with Crippen molar-refractivity contribution in [3.63, 3.8) is 0 Å². The van der Waals surface area contributed by atoms with Crippen LogP contribution in [0.5, 0.6) is 0 Å². The van der Waals surface area contributed by atoms with Crippen LogP contribution in [0.4, 0.5) is 10.1 Å². The van der Waals surface area contributed by atoms with E-state index in [1.807, 2.05) is 54.8 Å². The monoisotopic (exact) mass is 497 g/mol. The van der Waals surface area contributed by atoms with Gasteiger partial charge in [-0.05, 0) is 31.0 Å². The number of anilines is 1. The largest absolute Gasteiger partial charge is 0.473 e. The Bertz CT molecular complexity index is 1210. The molecule has 9 nitrogen and oxygen atoms in total. The van der Waals surface area contributed by atoms with Crippen molar-refractivity contribution in [2.24, 2.45) is 0 Å². The number of aliphatic carboxylic acids is 2. The van der Waals surface area contributed by atoms with Gasteiger partial charge >= 0.3 is 11.9 Å². The molecule has 2 aromatic carbocycles. The van der Waals surface area contributed by atoms with Crippen molar-refractivity contribution >= 4 is 34.5 Å². The van der Waals surface area contributed by atoms with E-state index < -0.39 is 24.2 Å². The van der Waals surface area contributed by atoms with Crippen LogP contribution in [0, 0.1) is 0 Å². The summed E-state index contributed by atoms with van der Waals surface area (Å²) in [7, 11) is 0. The number of halogens is 1. The molecule has 0 saturated carbocycles. The van der Waals surface area contributed by atoms with Gasteiger partial charge in [-0.15, -0.1) is 0 Å². The average molecular weight is 498 g/mol. The lowest BCUT2D eigenvalue weighted by Gasteiger charge is -2.43. The van der Waals surface area contributed by atoms with E-state index in [-0.39, 0.29) is 12.5 Å². The van der Waals surface area contributed by atoms with Gasteiger partial charge in [-0.3, -0.25) is 9.69 Å². The predicted octanol–water partition coefficient (Wildman–Crippen LogP) is 3.20. The zero-order chi connectivity index (χ0) is 25.7. The molecule has 0 bridgehead atoms. The molecule has 190 valence electrons. The molecule has 3 heterocycles. The van der Waals surface area contributed by atoms with Gasteiger partial charge < -0.3 is 24.4 Å². The molecule has 5 rings (SSSR count). The summed E-state index contributed by atoms with van der Waals surface area (Å²) in [6.45, 7) is 2.55. The number of benzene rings is 2. The molecule has 2 N–H and O–H groups in total. The number of fused-ring (bicyclic) bond motifs is 1. The van der Waals surface area contributed by atoms with Gasteiger partial charge in [-0.2, -0.15) is 0 Å². The van der Waals surface area contributed by atoms with Gasteiger partial charge in [0, 0.05) is 36.3 Å². The van der Waals surface area contributed by atoms with Crippen molar-refractivity contribution in [1.29, 1.82) is 0 Å². The molecule has 2 fully saturated rings. The lowest BCUT2D eigenvalue weighted by atomic mass is 9.85. The summed E-state index contributed by atoms with van der Waals surface area (Å²) in [5, 5.41) is 15.9. The lowest BCUT2D eigenvalue weighted by molar-refractivity contribution is -0.159. The number of likely N-dealkylation sites (tertiary alicyclic amines) is 1. The molecule has 2 aliphatic heterocycles. The molecule has 2 aliphatic rings. The lowest BCUT2D eigenvalue weighted by Crippen LogP contribution is -2.56. The first-order chi connectivity index (χ1) is 17.4. The SMILES string of the molecule is O=C(O)C(=O)O.O=C1N(CCF)CN(c2ccccc2)C12CCN(Cc1coc3ccccc13)CC2. The number of amides is 1. The number of carbonyl (C=O) groups excluding carboxylic acids is 1. The predicted molar refractivity (Wildman–Crippen MR) is 130 cm³/mol. The van der Waals surface area contributed by atoms with Crippen LogP contribution in [0.25, 0.3) is 11.0 Å². The first-order valence-corrected chi connectivity index (χ1v) is 11.7. The highest BCUT2D eigenvalue weighted by atomic mass is 19.1. The fourth-order valence-electron chi connectivity index (χ4n) is 4.95. The Balaban J connectivity index is 0.000000455. The standard InChI is InChI=1S/C24H26FN3O2.C2H2O4/c25-12-15-27-18-28(20-6-2-1-3-7-20)24(23(27)29)10-13-26(14-11-24)16-19-17-30-22-9-5-4-8-21(19)22;3-1(4)2(5)6/h1-9,17H,10-16,18H2;(H,3,4)(H,5,6). The molecule has 0 atom stereocenters. The highest BCUT2D eigenvalue weighted by molar-refractivity contribution is 6.27. The quantitative estimate of drug-likeness (QED) is 0.517. The third kappa shape index (κ3) is 5.03. The second kappa shape index (κ2) is 10.8. The van der Waals surface area contributed by atoms with Crippen LogP contribution in [0.3, 0.4) is 0 Å². The van der Waals surface area contributed by atoms with Gasteiger partial charge in [0.1, 0.15) is 17.8 Å². The molecule has 10 heteroatoms. The van der Waals surface area contributed by atoms with Gasteiger partial charge in [0.15, 0.2) is 0 Å². The second-order valence-corrected chi connectivity index (χ2v) is 8.84. The Morgan fingerprint density at radius 2 is 1.61 bits per heavy atom. The molecule has 0 unspecified atom stereocenters. The Labute approximate surface area is 207 Å². The molecule has 1 aromatic heterocycles. The van der Waals surface area contributed by atoms with Crippen molar-refractivity contribution in [3.8, 4) is 0 Å². The fraction of sp³-hybridized carbons (Fsp3) is 0.346. The van der Waals surface area contributed by atoms with Crippen molar-refractivity contribution in [1.82, 2.24) is 9.80 Å². The summed E-state index contributed by atoms with van der Waals surface area (Å²) < 4.78 is 18.8. The van der Waals surface area contributed by atoms with Crippen LogP contribution in [0.2, 0.25) is 0 Å². The van der Waals surface area contributed by atoms with Gasteiger partial charge in [0.2, 0.25) is 5.91 Å². The first-order valence-electron chi connectivity index (χ1n) is 11.7. The number of carboxylic acid groups (broad SMARTS) is 2. The highest BCUT2D eigenvalue weighted by Crippen LogP contribution is 2.39. The molecule has 1 amide bonds. The summed E-state index contributed by atoms with van der Waals surface area (Å²) in [5.41, 5.74) is 2.54. The number of rotatable bonds is 5. The summed E-state index contributed by atoms with van der Waals surface area (Å²) in [6, 6.07) is 18.1. The average Bonchev–Trinajstić information content (AvgIpc) is 3.41. The normalized spacial score (nSPS) is 17.3. The van der Waals surface area contributed by atoms with E-state index in [1.54, 1.807) is 4.90 Å². The van der Waals surface area contributed by atoms with Crippen LogP contribution in [-0.2, 0) is 20.9 Å². The van der Waals surface area contributed by atoms with Crippen molar-refractivity contribution in [2.75, 3.05) is 37.9 Å². The Morgan fingerprint density at radius 3 is 2.25 bits per heavy atom.